The highest BCUT2D eigenvalue weighted by Gasteiger charge is 2.51. The van der Waals surface area contributed by atoms with E-state index in [9.17, 15) is 30.3 Å². The van der Waals surface area contributed by atoms with Crippen molar-refractivity contribution in [2.75, 3.05) is 19.9 Å². The van der Waals surface area contributed by atoms with Gasteiger partial charge in [0, 0.05) is 6.54 Å². The standard InChI is InChI=1S/C14H23N5O7/c1-2-3-18-14(25)7-8(15-16-13(7)19(5-21)17-18)12-11(24)10(23)9(22)6(4-20)26-12/h6,8-12,17,20-24H,2-5H2,1H3. The van der Waals surface area contributed by atoms with Gasteiger partial charge in [0.05, 0.1) is 12.2 Å². The second kappa shape index (κ2) is 7.52. The van der Waals surface area contributed by atoms with Gasteiger partial charge < -0.3 is 30.3 Å². The normalized spacial score (nSPS) is 37.5. The molecular formula is C14H23N5O7. The van der Waals surface area contributed by atoms with Crippen molar-refractivity contribution < 1.29 is 35.1 Å². The van der Waals surface area contributed by atoms with Gasteiger partial charge in [-0.15, -0.1) is 10.6 Å². The van der Waals surface area contributed by atoms with Crippen molar-refractivity contribution in [2.24, 2.45) is 10.2 Å². The molecule has 6 atom stereocenters. The van der Waals surface area contributed by atoms with E-state index in [4.69, 9.17) is 4.74 Å². The molecule has 1 fully saturated rings. The Kier molecular flexibility index (Phi) is 5.53. The van der Waals surface area contributed by atoms with Crippen LogP contribution in [-0.2, 0) is 9.53 Å². The number of carbonyl (C=O) groups excluding carboxylic acids is 1. The van der Waals surface area contributed by atoms with E-state index >= 15 is 0 Å². The molecule has 3 heterocycles. The Morgan fingerprint density at radius 2 is 1.88 bits per heavy atom. The third-order valence-electron chi connectivity index (χ3n) is 4.62. The third-order valence-corrected chi connectivity index (χ3v) is 4.62. The molecule has 12 heteroatoms. The molecule has 0 saturated carbocycles. The molecule has 3 aliphatic heterocycles. The Morgan fingerprint density at radius 3 is 2.50 bits per heavy atom. The Hall–Kier alpha value is -1.67. The second-order valence-corrected chi connectivity index (χ2v) is 6.32. The van der Waals surface area contributed by atoms with Crippen LogP contribution in [0.1, 0.15) is 13.3 Å². The van der Waals surface area contributed by atoms with Gasteiger partial charge in [-0.2, -0.15) is 5.11 Å². The molecule has 6 N–H and O–H groups in total. The number of hydrogen-bond acceptors (Lipinski definition) is 11. The van der Waals surface area contributed by atoms with Crippen LogP contribution in [0.2, 0.25) is 0 Å². The van der Waals surface area contributed by atoms with Crippen LogP contribution in [0.15, 0.2) is 21.6 Å². The van der Waals surface area contributed by atoms with Gasteiger partial charge in [0.2, 0.25) is 0 Å². The summed E-state index contributed by atoms with van der Waals surface area (Å²) in [6.07, 6.45) is -6.30. The molecule has 0 aliphatic carbocycles. The van der Waals surface area contributed by atoms with E-state index in [1.807, 2.05) is 6.92 Å². The molecule has 6 unspecified atom stereocenters. The van der Waals surface area contributed by atoms with E-state index in [0.29, 0.717) is 13.0 Å². The number of carbonyl (C=O) groups is 1. The third kappa shape index (κ3) is 2.99. The maximum atomic E-state index is 12.8. The molecule has 3 rings (SSSR count). The van der Waals surface area contributed by atoms with Gasteiger partial charge in [-0.1, -0.05) is 6.92 Å². The molecule has 1 saturated heterocycles. The van der Waals surface area contributed by atoms with Gasteiger partial charge in [0.25, 0.3) is 5.91 Å². The lowest BCUT2D eigenvalue weighted by Crippen LogP contribution is -2.63. The van der Waals surface area contributed by atoms with E-state index in [1.165, 1.54) is 10.0 Å². The minimum atomic E-state index is -1.58. The first kappa shape index (κ1) is 19.1. The summed E-state index contributed by atoms with van der Waals surface area (Å²) in [7, 11) is 0. The van der Waals surface area contributed by atoms with E-state index in [-0.39, 0.29) is 11.4 Å². The zero-order valence-electron chi connectivity index (χ0n) is 14.1. The number of nitrogens with one attached hydrogen (secondary N) is 1. The molecule has 146 valence electrons. The number of ether oxygens (including phenoxy) is 1. The highest BCUT2D eigenvalue weighted by atomic mass is 16.5. The van der Waals surface area contributed by atoms with Crippen molar-refractivity contribution >= 4 is 5.91 Å². The smallest absolute Gasteiger partial charge is 0.271 e. The fourth-order valence-corrected chi connectivity index (χ4v) is 3.26. The zero-order chi connectivity index (χ0) is 19.0. The predicted molar refractivity (Wildman–Crippen MR) is 83.5 cm³/mol. The number of hydrazine groups is 2. The predicted octanol–water partition coefficient (Wildman–Crippen LogP) is -3.20. The summed E-state index contributed by atoms with van der Waals surface area (Å²) < 4.78 is 5.51. The molecule has 0 aromatic carbocycles. The molecule has 0 bridgehead atoms. The fourth-order valence-electron chi connectivity index (χ4n) is 3.26. The van der Waals surface area contributed by atoms with E-state index < -0.39 is 55.8 Å². The molecule has 1 amide bonds. The molecule has 0 aromatic heterocycles. The van der Waals surface area contributed by atoms with Crippen molar-refractivity contribution in [3.05, 3.63) is 11.4 Å². The second-order valence-electron chi connectivity index (χ2n) is 6.32. The van der Waals surface area contributed by atoms with Crippen molar-refractivity contribution in [3.63, 3.8) is 0 Å². The number of amides is 1. The summed E-state index contributed by atoms with van der Waals surface area (Å²) in [6.45, 7) is 1.17. The quantitative estimate of drug-likeness (QED) is 0.290. The monoisotopic (exact) mass is 373 g/mol. The molecule has 0 aromatic rings. The van der Waals surface area contributed by atoms with Crippen molar-refractivity contribution in [2.45, 2.75) is 49.9 Å². The van der Waals surface area contributed by atoms with Crippen LogP contribution < -0.4 is 5.53 Å². The summed E-state index contributed by atoms with van der Waals surface area (Å²) in [6, 6.07) is -1.06. The SMILES string of the molecule is CCCN1NN(CO)C2=C(C1=O)C(C1OC(CO)C(O)C(O)C1O)N=N2. The van der Waals surface area contributed by atoms with Gasteiger partial charge in [0.1, 0.15) is 43.3 Å². The Labute approximate surface area is 148 Å². The van der Waals surface area contributed by atoms with Gasteiger partial charge in [0.15, 0.2) is 5.82 Å². The van der Waals surface area contributed by atoms with Crippen molar-refractivity contribution in [1.29, 1.82) is 0 Å². The lowest BCUT2D eigenvalue weighted by atomic mass is 9.88. The lowest BCUT2D eigenvalue weighted by Gasteiger charge is -2.42. The number of hydrogen-bond donors (Lipinski definition) is 6. The molecule has 26 heavy (non-hydrogen) atoms. The van der Waals surface area contributed by atoms with Crippen molar-refractivity contribution in [3.8, 4) is 0 Å². The van der Waals surface area contributed by atoms with Gasteiger partial charge in [-0.3, -0.25) is 9.80 Å². The summed E-state index contributed by atoms with van der Waals surface area (Å²) in [5, 5.41) is 59.4. The van der Waals surface area contributed by atoms with Gasteiger partial charge in [-0.05, 0) is 6.42 Å². The average molecular weight is 373 g/mol. The molecule has 3 aliphatic rings. The summed E-state index contributed by atoms with van der Waals surface area (Å²) in [5.74, 6) is -0.356. The lowest BCUT2D eigenvalue weighted by molar-refractivity contribution is -0.231. The fraction of sp³-hybridized carbons (Fsp3) is 0.786. The van der Waals surface area contributed by atoms with Crippen LogP contribution in [0.4, 0.5) is 0 Å². The zero-order valence-corrected chi connectivity index (χ0v) is 14.1. The Bertz CT molecular complexity index is 612. The van der Waals surface area contributed by atoms with Crippen LogP contribution >= 0.6 is 0 Å². The van der Waals surface area contributed by atoms with E-state index in [1.54, 1.807) is 0 Å². The average Bonchev–Trinajstić information content (AvgIpc) is 3.08. The first-order valence-corrected chi connectivity index (χ1v) is 8.36. The molecule has 0 radical (unpaired) electrons. The van der Waals surface area contributed by atoms with Crippen LogP contribution in [0.5, 0.6) is 0 Å². The number of azo groups is 1. The van der Waals surface area contributed by atoms with Gasteiger partial charge >= 0.3 is 0 Å². The molecule has 0 spiro atoms. The summed E-state index contributed by atoms with van der Waals surface area (Å²) in [4.78, 5) is 12.8. The minimum absolute atomic E-state index is 0.0896. The van der Waals surface area contributed by atoms with Crippen LogP contribution in [-0.4, -0.2) is 97.9 Å². The summed E-state index contributed by atoms with van der Waals surface area (Å²) >= 11 is 0. The van der Waals surface area contributed by atoms with Crippen LogP contribution in [0, 0.1) is 0 Å². The molecule has 12 nitrogen and oxygen atoms in total. The maximum Gasteiger partial charge on any atom is 0.271 e. The highest BCUT2D eigenvalue weighted by Crippen LogP contribution is 2.35. The number of nitrogens with zero attached hydrogens (tertiary/aromatic N) is 4. The van der Waals surface area contributed by atoms with E-state index in [0.717, 1.165) is 0 Å². The first-order valence-electron chi connectivity index (χ1n) is 8.36. The topological polar surface area (TPSA) is 171 Å². The largest absolute Gasteiger partial charge is 0.394 e. The number of aliphatic hydroxyl groups excluding tert-OH is 5. The van der Waals surface area contributed by atoms with Crippen LogP contribution in [0.3, 0.4) is 0 Å². The highest BCUT2D eigenvalue weighted by molar-refractivity contribution is 5.96. The van der Waals surface area contributed by atoms with E-state index in [2.05, 4.69) is 15.8 Å². The first-order chi connectivity index (χ1) is 12.4. The Balaban J connectivity index is 1.92. The minimum Gasteiger partial charge on any atom is -0.394 e. The number of rotatable bonds is 5. The summed E-state index contributed by atoms with van der Waals surface area (Å²) in [5.41, 5.74) is 2.81. The number of aliphatic hydroxyl groups is 5. The maximum absolute atomic E-state index is 12.8. The Morgan fingerprint density at radius 1 is 1.15 bits per heavy atom. The van der Waals surface area contributed by atoms with Crippen LogP contribution in [0.25, 0.3) is 0 Å². The van der Waals surface area contributed by atoms with Crippen molar-refractivity contribution in [1.82, 2.24) is 15.6 Å². The molecular weight excluding hydrogens is 350 g/mol. The van der Waals surface area contributed by atoms with Gasteiger partial charge in [-0.25, -0.2) is 5.01 Å².